The fourth-order valence-electron chi connectivity index (χ4n) is 7.43. The lowest BCUT2D eigenvalue weighted by Crippen LogP contribution is -2.57. The number of esters is 1. The first-order valence-electron chi connectivity index (χ1n) is 16.1. The highest BCUT2D eigenvalue weighted by Gasteiger charge is 2.75. The number of β-amino-alcohol motifs (C(OH)–C–C–N with tert-alkyl or cyclic N) is 1. The molecule has 3 saturated heterocycles. The van der Waals surface area contributed by atoms with Crippen LogP contribution in [0.1, 0.15) is 37.4 Å². The molecule has 2 bridgehead atoms. The number of ether oxygens (including phenoxy) is 3. The number of carbonyl (C=O) groups excluding carboxylic acids is 4. The minimum atomic E-state index is -1.33. The number of methoxy groups -OCH3 is 1. The number of halogens is 1. The molecule has 5 rings (SSSR count). The number of aliphatic hydroxyl groups is 1. The summed E-state index contributed by atoms with van der Waals surface area (Å²) in [5.74, 6) is -3.91. The van der Waals surface area contributed by atoms with Crippen LogP contribution in [0.25, 0.3) is 0 Å². The summed E-state index contributed by atoms with van der Waals surface area (Å²) in [4.78, 5) is 58.6. The zero-order valence-corrected chi connectivity index (χ0v) is 27.7. The largest absolute Gasteiger partial charge is 0.455 e. The van der Waals surface area contributed by atoms with Gasteiger partial charge in [-0.2, -0.15) is 0 Å². The number of hydrogen-bond acceptors (Lipinski definition) is 8. The number of fused-ring (bicyclic) bond motifs is 1. The maximum Gasteiger partial charge on any atom is 0.313 e. The summed E-state index contributed by atoms with van der Waals surface area (Å²) in [6.45, 7) is 7.10. The summed E-state index contributed by atoms with van der Waals surface area (Å²) in [6.07, 6.45) is 3.03. The van der Waals surface area contributed by atoms with Crippen LogP contribution in [0.4, 0.5) is 5.69 Å². The van der Waals surface area contributed by atoms with Gasteiger partial charge in [0.25, 0.3) is 5.91 Å². The molecule has 0 radical (unpaired) electrons. The van der Waals surface area contributed by atoms with Crippen molar-refractivity contribution < 1.29 is 38.5 Å². The van der Waals surface area contributed by atoms with Gasteiger partial charge in [0, 0.05) is 26.6 Å². The third-order valence-corrected chi connectivity index (χ3v) is 9.69. The van der Waals surface area contributed by atoms with Gasteiger partial charge in [-0.15, -0.1) is 13.2 Å². The van der Waals surface area contributed by atoms with Crippen molar-refractivity contribution in [3.8, 4) is 0 Å². The van der Waals surface area contributed by atoms with E-state index in [1.165, 1.54) is 16.9 Å². The lowest BCUT2D eigenvalue weighted by Gasteiger charge is -2.36. The van der Waals surface area contributed by atoms with Gasteiger partial charge in [-0.1, -0.05) is 66.2 Å². The molecule has 0 unspecified atom stereocenters. The lowest BCUT2D eigenvalue weighted by molar-refractivity contribution is -0.163. The Bertz CT molecular complexity index is 1520. The molecular formula is C36H42ClN3O8. The van der Waals surface area contributed by atoms with Crippen molar-refractivity contribution in [2.45, 2.75) is 55.6 Å². The van der Waals surface area contributed by atoms with E-state index in [0.717, 1.165) is 0 Å². The second kappa shape index (κ2) is 15.5. The van der Waals surface area contributed by atoms with Gasteiger partial charge in [0.1, 0.15) is 17.7 Å². The number of likely N-dealkylation sites (tertiary alicyclic amines) is 1. The van der Waals surface area contributed by atoms with Crippen LogP contribution >= 0.6 is 11.6 Å². The first kappa shape index (κ1) is 35.3. The highest BCUT2D eigenvalue weighted by molar-refractivity contribution is 6.34. The maximum atomic E-state index is 14.5. The van der Waals surface area contributed by atoms with Crippen molar-refractivity contribution in [1.29, 1.82) is 0 Å². The Kier molecular flexibility index (Phi) is 11.4. The number of nitrogens with zero attached hydrogens (tertiary/aromatic N) is 2. The molecule has 11 nitrogen and oxygen atoms in total. The van der Waals surface area contributed by atoms with Crippen molar-refractivity contribution in [3.63, 3.8) is 0 Å². The third kappa shape index (κ3) is 6.64. The summed E-state index contributed by atoms with van der Waals surface area (Å²) in [6, 6.07) is 14.0. The number of nitrogens with one attached hydrogen (secondary N) is 1. The van der Waals surface area contributed by atoms with Crippen LogP contribution in [0, 0.1) is 11.8 Å². The topological polar surface area (TPSA) is 135 Å². The van der Waals surface area contributed by atoms with Crippen molar-refractivity contribution in [2.75, 3.05) is 38.3 Å². The molecule has 0 aliphatic carbocycles. The number of allylic oxidation sites excluding steroid dienone is 1. The number of aliphatic hydroxyl groups excluding tert-OH is 1. The van der Waals surface area contributed by atoms with Gasteiger partial charge in [-0.25, -0.2) is 0 Å². The Morgan fingerprint density at radius 2 is 1.90 bits per heavy atom. The molecule has 7 atom stereocenters. The quantitative estimate of drug-likeness (QED) is 0.203. The normalized spacial score (nSPS) is 25.2. The smallest absolute Gasteiger partial charge is 0.313 e. The van der Waals surface area contributed by atoms with E-state index in [2.05, 4.69) is 18.5 Å². The molecule has 2 aromatic rings. The van der Waals surface area contributed by atoms with Crippen molar-refractivity contribution in [2.24, 2.45) is 11.8 Å². The Hall–Kier alpha value is -4.03. The molecule has 3 aliphatic rings. The van der Waals surface area contributed by atoms with Gasteiger partial charge in [-0.3, -0.25) is 19.2 Å². The molecule has 3 aliphatic heterocycles. The second-order valence-corrected chi connectivity index (χ2v) is 12.6. The summed E-state index contributed by atoms with van der Waals surface area (Å²) < 4.78 is 18.2. The Labute approximate surface area is 285 Å². The molecule has 1 spiro atoms. The number of amides is 3. The predicted molar refractivity (Wildman–Crippen MR) is 179 cm³/mol. The van der Waals surface area contributed by atoms with E-state index in [9.17, 15) is 24.3 Å². The highest BCUT2D eigenvalue weighted by Crippen LogP contribution is 2.59. The van der Waals surface area contributed by atoms with Gasteiger partial charge < -0.3 is 34.4 Å². The number of rotatable bonds is 16. The maximum absolute atomic E-state index is 14.5. The first-order valence-corrected chi connectivity index (χ1v) is 16.5. The molecule has 12 heteroatoms. The Morgan fingerprint density at radius 3 is 2.56 bits per heavy atom. The van der Waals surface area contributed by atoms with E-state index in [0.29, 0.717) is 35.5 Å². The number of hydrogen-bond donors (Lipinski definition) is 2. The van der Waals surface area contributed by atoms with Crippen LogP contribution in [-0.2, 0) is 33.4 Å². The van der Waals surface area contributed by atoms with Gasteiger partial charge in [-0.05, 0) is 37.0 Å². The average molecular weight is 680 g/mol. The molecular weight excluding hydrogens is 638 g/mol. The molecule has 2 aromatic carbocycles. The molecule has 256 valence electrons. The van der Waals surface area contributed by atoms with Gasteiger partial charge in [0.15, 0.2) is 0 Å². The summed E-state index contributed by atoms with van der Waals surface area (Å²) >= 11 is 6.51. The van der Waals surface area contributed by atoms with Crippen molar-refractivity contribution in [1.82, 2.24) is 10.2 Å². The van der Waals surface area contributed by atoms with Crippen LogP contribution in [0.15, 0.2) is 79.9 Å². The fraction of sp³-hybridized carbons (Fsp3) is 0.444. The standard InChI is InChI=1S/C36H42ClN3O8/c1-4-6-16-28(42)38-25(22-46-3)31(23-12-8-7-9-13-23)47-35(45)29-27-17-18-36(48-27)30(29)33(43)40(20-21-41)32(36)34(44)39(19-5-2)26-15-11-10-14-24(26)37/h4-5,7-15,25,27,29-32,41H,1-2,6,16-22H2,3H3,(H,38,42)/t25-,27-,29+,30+,31-,32-,36+/m0/s1. The first-order chi connectivity index (χ1) is 23.2. The van der Waals surface area contributed by atoms with E-state index in [4.69, 9.17) is 25.8 Å². The molecule has 0 saturated carbocycles. The zero-order valence-electron chi connectivity index (χ0n) is 27.0. The lowest BCUT2D eigenvalue weighted by atomic mass is 9.70. The second-order valence-electron chi connectivity index (χ2n) is 12.2. The third-order valence-electron chi connectivity index (χ3n) is 9.37. The molecule has 2 N–H and O–H groups in total. The molecule has 3 fully saturated rings. The monoisotopic (exact) mass is 679 g/mol. The summed E-state index contributed by atoms with van der Waals surface area (Å²) in [7, 11) is 1.49. The van der Waals surface area contributed by atoms with Crippen LogP contribution in [0.3, 0.4) is 0 Å². The number of carbonyl (C=O) groups is 4. The van der Waals surface area contributed by atoms with Gasteiger partial charge >= 0.3 is 5.97 Å². The van der Waals surface area contributed by atoms with Crippen molar-refractivity contribution in [3.05, 3.63) is 90.5 Å². The van der Waals surface area contributed by atoms with E-state index in [-0.39, 0.29) is 32.0 Å². The van der Waals surface area contributed by atoms with Gasteiger partial charge in [0.05, 0.1) is 47.9 Å². The number of anilines is 1. The van der Waals surface area contributed by atoms with Crippen molar-refractivity contribution >= 4 is 41.0 Å². The summed E-state index contributed by atoms with van der Waals surface area (Å²) in [5.41, 5.74) is -0.261. The van der Waals surface area contributed by atoms with Crippen LogP contribution in [0.2, 0.25) is 5.02 Å². The van der Waals surface area contributed by atoms with Crippen LogP contribution < -0.4 is 10.2 Å². The number of benzene rings is 2. The van der Waals surface area contributed by atoms with E-state index >= 15 is 0 Å². The Balaban J connectivity index is 1.48. The zero-order chi connectivity index (χ0) is 34.4. The van der Waals surface area contributed by atoms with E-state index in [1.54, 1.807) is 60.7 Å². The minimum absolute atomic E-state index is 0.0472. The molecule has 48 heavy (non-hydrogen) atoms. The molecule has 3 amide bonds. The molecule has 3 heterocycles. The predicted octanol–water partition coefficient (Wildman–Crippen LogP) is 3.61. The average Bonchev–Trinajstić information content (AvgIpc) is 3.73. The summed E-state index contributed by atoms with van der Waals surface area (Å²) in [5, 5.41) is 13.3. The van der Waals surface area contributed by atoms with Crippen LogP contribution in [-0.4, -0.2) is 90.9 Å². The molecule has 0 aromatic heterocycles. The highest BCUT2D eigenvalue weighted by atomic mass is 35.5. The SMILES string of the molecule is C=CCCC(=O)N[C@@H](COC)[C@@H](OC(=O)[C@@H]1[C@@H]2CC[C@]3(O2)[C@H](C(=O)N(CC=C)c2ccccc2Cl)N(CCO)C(=O)[C@@H]13)c1ccccc1. The van der Waals surface area contributed by atoms with E-state index < -0.39 is 66.1 Å². The van der Waals surface area contributed by atoms with Gasteiger partial charge in [0.2, 0.25) is 11.8 Å². The Morgan fingerprint density at radius 1 is 1.17 bits per heavy atom. The fourth-order valence-corrected chi connectivity index (χ4v) is 7.67. The van der Waals surface area contributed by atoms with E-state index in [1.807, 2.05) is 6.07 Å². The number of para-hydroxylation sites is 1. The minimum Gasteiger partial charge on any atom is -0.455 e. The van der Waals surface area contributed by atoms with Crippen LogP contribution in [0.5, 0.6) is 0 Å².